The predicted molar refractivity (Wildman–Crippen MR) is 167 cm³/mol. The summed E-state index contributed by atoms with van der Waals surface area (Å²) in [6.45, 7) is 8.35. The quantitative estimate of drug-likeness (QED) is 0.199. The summed E-state index contributed by atoms with van der Waals surface area (Å²) in [5.74, 6) is 1.78. The zero-order valence-corrected chi connectivity index (χ0v) is 26.1. The summed E-state index contributed by atoms with van der Waals surface area (Å²) in [4.78, 5) is 45.6. The molecule has 3 heterocycles. The lowest BCUT2D eigenvalue weighted by molar-refractivity contribution is -0.384. The van der Waals surface area contributed by atoms with Crippen molar-refractivity contribution in [2.45, 2.75) is 33.7 Å². The Balaban J connectivity index is 1.67. The number of allylic oxidation sites excluding steroid dienone is 1. The van der Waals surface area contributed by atoms with Crippen LogP contribution in [0.1, 0.15) is 43.7 Å². The Bertz CT molecular complexity index is 1980. The molecule has 0 saturated carbocycles. The van der Waals surface area contributed by atoms with E-state index >= 15 is 0 Å². The van der Waals surface area contributed by atoms with Gasteiger partial charge in [0.25, 0.3) is 17.2 Å². The molecule has 0 fully saturated rings. The van der Waals surface area contributed by atoms with Gasteiger partial charge in [-0.3, -0.25) is 24.3 Å². The topological polar surface area (TPSA) is 129 Å². The van der Waals surface area contributed by atoms with Crippen LogP contribution in [-0.2, 0) is 4.79 Å². The molecule has 0 radical (unpaired) electrons. The molecule has 5 rings (SSSR count). The van der Waals surface area contributed by atoms with Crippen LogP contribution in [0, 0.1) is 17.0 Å². The van der Waals surface area contributed by atoms with E-state index in [9.17, 15) is 19.7 Å². The zero-order valence-electron chi connectivity index (χ0n) is 25.2. The zero-order chi connectivity index (χ0) is 31.7. The van der Waals surface area contributed by atoms with Crippen molar-refractivity contribution < 1.29 is 23.6 Å². The van der Waals surface area contributed by atoms with Crippen LogP contribution < -0.4 is 24.4 Å². The molecule has 4 aromatic rings. The minimum absolute atomic E-state index is 0.00417. The summed E-state index contributed by atoms with van der Waals surface area (Å²) in [7, 11) is 3.09. The second-order valence-corrected chi connectivity index (χ2v) is 11.1. The van der Waals surface area contributed by atoms with Gasteiger partial charge < -0.3 is 18.8 Å². The number of thiazole rings is 1. The van der Waals surface area contributed by atoms with E-state index in [1.54, 1.807) is 75.4 Å². The molecule has 2 aromatic carbocycles. The SMILES string of the molecule is CCN(CC)C(=O)C1=C(C)N=c2s/c(=C/c3ccc(-c4ccc([N+](=O)[O-])cc4C)o3)c(=O)n2[C@@H]1c1cc(OC)ccc1OC. The van der Waals surface area contributed by atoms with Gasteiger partial charge in [-0.1, -0.05) is 11.3 Å². The van der Waals surface area contributed by atoms with Crippen LogP contribution in [0.15, 0.2) is 74.0 Å². The third-order valence-electron chi connectivity index (χ3n) is 7.62. The number of ether oxygens (including phenoxy) is 2. The Kier molecular flexibility index (Phi) is 8.54. The lowest BCUT2D eigenvalue weighted by atomic mass is 9.93. The molecule has 11 nitrogen and oxygen atoms in total. The Labute approximate surface area is 257 Å². The molecule has 2 aromatic heterocycles. The molecule has 0 bridgehead atoms. The van der Waals surface area contributed by atoms with Gasteiger partial charge in [0.1, 0.15) is 29.1 Å². The van der Waals surface area contributed by atoms with Gasteiger partial charge in [0.15, 0.2) is 4.80 Å². The lowest BCUT2D eigenvalue weighted by Gasteiger charge is -2.30. The number of rotatable bonds is 9. The van der Waals surface area contributed by atoms with Gasteiger partial charge in [0, 0.05) is 42.4 Å². The maximum Gasteiger partial charge on any atom is 0.271 e. The molecule has 0 spiro atoms. The smallest absolute Gasteiger partial charge is 0.271 e. The maximum absolute atomic E-state index is 14.1. The van der Waals surface area contributed by atoms with E-state index < -0.39 is 11.0 Å². The Hall–Kier alpha value is -4.97. The minimum atomic E-state index is -0.818. The summed E-state index contributed by atoms with van der Waals surface area (Å²) in [6.07, 6.45) is 1.64. The molecule has 0 N–H and O–H groups in total. The van der Waals surface area contributed by atoms with Crippen LogP contribution in [0.3, 0.4) is 0 Å². The van der Waals surface area contributed by atoms with Crippen LogP contribution >= 0.6 is 11.3 Å². The molecule has 1 aliphatic heterocycles. The molecule has 228 valence electrons. The number of nitrogens with zero attached hydrogens (tertiary/aromatic N) is 4. The fourth-order valence-electron chi connectivity index (χ4n) is 5.37. The average molecular weight is 617 g/mol. The van der Waals surface area contributed by atoms with Crippen molar-refractivity contribution in [1.29, 1.82) is 0 Å². The number of methoxy groups -OCH3 is 2. The number of nitro benzene ring substituents is 1. The first-order chi connectivity index (χ1) is 21.1. The molecule has 1 amide bonds. The van der Waals surface area contributed by atoms with Crippen molar-refractivity contribution in [2.24, 2.45) is 4.99 Å². The van der Waals surface area contributed by atoms with Gasteiger partial charge >= 0.3 is 0 Å². The fraction of sp³-hybridized carbons (Fsp3) is 0.281. The van der Waals surface area contributed by atoms with Gasteiger partial charge in [-0.25, -0.2) is 4.99 Å². The summed E-state index contributed by atoms with van der Waals surface area (Å²) in [5.41, 5.74) is 2.54. The number of non-ortho nitro benzene ring substituents is 1. The average Bonchev–Trinajstić information content (AvgIpc) is 3.60. The molecule has 12 heteroatoms. The standard InChI is InChI=1S/C32H32N4O7S/c1-7-34(8-2)31(38)28-19(4)33-32-35(29(28)24-16-21(41-5)10-13-25(24)42-6)30(37)27(44-32)17-22-11-14-26(43-22)23-12-9-20(36(39)40)15-18(23)3/h9-17,29H,7-8H2,1-6H3/b27-17+/t29-/m1/s1. The van der Waals surface area contributed by atoms with E-state index in [4.69, 9.17) is 18.9 Å². The van der Waals surface area contributed by atoms with Gasteiger partial charge in [0.05, 0.1) is 34.9 Å². The van der Waals surface area contributed by atoms with Crippen molar-refractivity contribution >= 4 is 29.0 Å². The number of fused-ring (bicyclic) bond motifs is 1. The number of carbonyl (C=O) groups excluding carboxylic acids is 1. The Morgan fingerprint density at radius 3 is 2.50 bits per heavy atom. The first-order valence-corrected chi connectivity index (χ1v) is 14.8. The molecule has 0 unspecified atom stereocenters. The molecule has 0 saturated heterocycles. The molecule has 1 atom stereocenters. The highest BCUT2D eigenvalue weighted by Crippen LogP contribution is 2.38. The molecule has 0 aliphatic carbocycles. The van der Waals surface area contributed by atoms with Gasteiger partial charge in [-0.05, 0) is 69.7 Å². The second-order valence-electron chi connectivity index (χ2n) is 10.1. The number of hydrogen-bond acceptors (Lipinski definition) is 9. The van der Waals surface area contributed by atoms with Crippen LogP contribution in [-0.4, -0.2) is 47.6 Å². The van der Waals surface area contributed by atoms with Crippen LogP contribution in [0.25, 0.3) is 17.4 Å². The third kappa shape index (κ3) is 5.44. The van der Waals surface area contributed by atoms with Crippen molar-refractivity contribution in [1.82, 2.24) is 9.47 Å². The number of likely N-dealkylation sites (N-methyl/N-ethyl adjacent to an activating group) is 1. The van der Waals surface area contributed by atoms with Crippen LogP contribution in [0.4, 0.5) is 5.69 Å². The number of benzene rings is 2. The van der Waals surface area contributed by atoms with E-state index in [0.717, 1.165) is 0 Å². The molecular formula is C32H32N4O7S. The number of aromatic nitrogens is 1. The summed E-state index contributed by atoms with van der Waals surface area (Å²) in [5, 5.41) is 11.1. The minimum Gasteiger partial charge on any atom is -0.497 e. The van der Waals surface area contributed by atoms with Crippen molar-refractivity contribution in [3.05, 3.63) is 106 Å². The number of hydrogen-bond donors (Lipinski definition) is 0. The molecule has 1 aliphatic rings. The second kappa shape index (κ2) is 12.3. The Morgan fingerprint density at radius 1 is 1.11 bits per heavy atom. The van der Waals surface area contributed by atoms with E-state index in [2.05, 4.69) is 0 Å². The highest BCUT2D eigenvalue weighted by molar-refractivity contribution is 7.07. The largest absolute Gasteiger partial charge is 0.497 e. The number of carbonyl (C=O) groups is 1. The number of furan rings is 1. The third-order valence-corrected chi connectivity index (χ3v) is 8.60. The first-order valence-electron chi connectivity index (χ1n) is 14.0. The number of amides is 1. The first kappa shape index (κ1) is 30.5. The van der Waals surface area contributed by atoms with Gasteiger partial charge in [0.2, 0.25) is 0 Å². The summed E-state index contributed by atoms with van der Waals surface area (Å²) < 4.78 is 19.1. The van der Waals surface area contributed by atoms with Crippen molar-refractivity contribution in [2.75, 3.05) is 27.3 Å². The monoisotopic (exact) mass is 616 g/mol. The summed E-state index contributed by atoms with van der Waals surface area (Å²) in [6, 6.07) is 12.5. The van der Waals surface area contributed by atoms with Gasteiger partial charge in [-0.2, -0.15) is 0 Å². The normalized spacial score (nSPS) is 14.7. The Morgan fingerprint density at radius 2 is 1.86 bits per heavy atom. The predicted octanol–water partition coefficient (Wildman–Crippen LogP) is 4.60. The fourth-order valence-corrected chi connectivity index (χ4v) is 6.39. The van der Waals surface area contributed by atoms with Gasteiger partial charge in [-0.15, -0.1) is 0 Å². The molecular weight excluding hydrogens is 584 g/mol. The lowest BCUT2D eigenvalue weighted by Crippen LogP contribution is -2.43. The highest BCUT2D eigenvalue weighted by Gasteiger charge is 2.36. The van der Waals surface area contributed by atoms with Crippen molar-refractivity contribution in [3.8, 4) is 22.8 Å². The molecule has 44 heavy (non-hydrogen) atoms. The van der Waals surface area contributed by atoms with Crippen LogP contribution in [0.2, 0.25) is 0 Å². The van der Waals surface area contributed by atoms with E-state index in [1.165, 1.54) is 28.0 Å². The van der Waals surface area contributed by atoms with Crippen LogP contribution in [0.5, 0.6) is 11.5 Å². The highest BCUT2D eigenvalue weighted by atomic mass is 32.1. The van der Waals surface area contributed by atoms with E-state index in [1.807, 2.05) is 13.8 Å². The van der Waals surface area contributed by atoms with Crippen molar-refractivity contribution in [3.63, 3.8) is 0 Å². The van der Waals surface area contributed by atoms with E-state index in [0.29, 0.717) is 73.4 Å². The maximum atomic E-state index is 14.1. The number of aryl methyl sites for hydroxylation is 1. The number of nitro groups is 1. The van der Waals surface area contributed by atoms with E-state index in [-0.39, 0.29) is 17.2 Å². The summed E-state index contributed by atoms with van der Waals surface area (Å²) >= 11 is 1.19.